The molecular formula is C23H17F3N4O3. The van der Waals surface area contributed by atoms with Crippen LogP contribution in [0.25, 0.3) is 11.0 Å². The van der Waals surface area contributed by atoms with Gasteiger partial charge in [-0.15, -0.1) is 13.2 Å². The Morgan fingerprint density at radius 2 is 1.85 bits per heavy atom. The van der Waals surface area contributed by atoms with Crippen molar-refractivity contribution in [1.29, 1.82) is 0 Å². The average Bonchev–Trinajstić information content (AvgIpc) is 3.23. The third kappa shape index (κ3) is 3.84. The number of halogens is 3. The largest absolute Gasteiger partial charge is 0.573 e. The van der Waals surface area contributed by atoms with Gasteiger partial charge in [-0.2, -0.15) is 0 Å². The first kappa shape index (κ1) is 20.8. The minimum Gasteiger partial charge on any atom is -0.491 e. The highest BCUT2D eigenvalue weighted by Gasteiger charge is 2.43. The van der Waals surface area contributed by atoms with Gasteiger partial charge in [0.1, 0.15) is 28.4 Å². The van der Waals surface area contributed by atoms with Gasteiger partial charge in [0.05, 0.1) is 12.2 Å². The second-order valence-electron chi connectivity index (χ2n) is 7.48. The molecule has 1 amide bonds. The zero-order chi connectivity index (χ0) is 23.1. The smallest absolute Gasteiger partial charge is 0.491 e. The molecule has 4 heterocycles. The molecule has 0 spiro atoms. The second-order valence-corrected chi connectivity index (χ2v) is 7.48. The van der Waals surface area contributed by atoms with Crippen LogP contribution in [0.1, 0.15) is 28.0 Å². The number of pyridine rings is 2. The summed E-state index contributed by atoms with van der Waals surface area (Å²) in [7, 11) is 0. The fourth-order valence-corrected chi connectivity index (χ4v) is 4.08. The van der Waals surface area contributed by atoms with Gasteiger partial charge in [0, 0.05) is 30.4 Å². The van der Waals surface area contributed by atoms with E-state index in [1.165, 1.54) is 24.3 Å². The highest BCUT2D eigenvalue weighted by atomic mass is 19.4. The first-order valence-corrected chi connectivity index (χ1v) is 10.0. The second kappa shape index (κ2) is 7.80. The van der Waals surface area contributed by atoms with Crippen LogP contribution >= 0.6 is 0 Å². The van der Waals surface area contributed by atoms with E-state index in [0.717, 1.165) is 0 Å². The number of aromatic nitrogens is 3. The number of carbonyl (C=O) groups is 1. The van der Waals surface area contributed by atoms with E-state index in [4.69, 9.17) is 4.74 Å². The van der Waals surface area contributed by atoms with Crippen LogP contribution < -0.4 is 14.8 Å². The van der Waals surface area contributed by atoms with Crippen LogP contribution in [0.15, 0.2) is 67.1 Å². The summed E-state index contributed by atoms with van der Waals surface area (Å²) in [6, 6.07) is 12.4. The lowest BCUT2D eigenvalue weighted by Crippen LogP contribution is -2.50. The lowest BCUT2D eigenvalue weighted by Gasteiger charge is -2.39. The fourth-order valence-electron chi connectivity index (χ4n) is 4.08. The first-order chi connectivity index (χ1) is 15.9. The van der Waals surface area contributed by atoms with Crippen molar-refractivity contribution in [3.8, 4) is 11.5 Å². The summed E-state index contributed by atoms with van der Waals surface area (Å²) < 4.78 is 47.6. The van der Waals surface area contributed by atoms with Crippen molar-refractivity contribution >= 4 is 16.9 Å². The van der Waals surface area contributed by atoms with Gasteiger partial charge in [0.2, 0.25) is 0 Å². The summed E-state index contributed by atoms with van der Waals surface area (Å²) in [6.45, 7) is 0.273. The van der Waals surface area contributed by atoms with Crippen LogP contribution in [0.5, 0.6) is 11.5 Å². The Morgan fingerprint density at radius 1 is 1.09 bits per heavy atom. The van der Waals surface area contributed by atoms with Crippen molar-refractivity contribution in [3.05, 3.63) is 83.9 Å². The van der Waals surface area contributed by atoms with Crippen molar-refractivity contribution in [1.82, 2.24) is 20.3 Å². The molecule has 7 nitrogen and oxygen atoms in total. The molecule has 0 saturated heterocycles. The SMILES string of the molecule is O=C(N[C@]1(c2ccc(OC(F)(F)F)cc2)CCOc2cccnc21)c1c[nH]c2ncccc12. The number of alkyl halides is 3. The Bertz CT molecular complexity index is 1320. The van der Waals surface area contributed by atoms with Crippen molar-refractivity contribution < 1.29 is 27.4 Å². The van der Waals surface area contributed by atoms with Gasteiger partial charge in [0.15, 0.2) is 0 Å². The molecule has 1 aromatic carbocycles. The van der Waals surface area contributed by atoms with E-state index in [9.17, 15) is 18.0 Å². The number of nitrogens with one attached hydrogen (secondary N) is 2. The molecule has 0 fully saturated rings. The molecule has 33 heavy (non-hydrogen) atoms. The van der Waals surface area contributed by atoms with Crippen molar-refractivity contribution in [2.24, 2.45) is 0 Å². The molecule has 0 saturated carbocycles. The molecule has 0 bridgehead atoms. The van der Waals surface area contributed by atoms with E-state index in [0.29, 0.717) is 40.0 Å². The number of benzene rings is 1. The molecule has 1 aliphatic rings. The zero-order valence-electron chi connectivity index (χ0n) is 17.0. The van der Waals surface area contributed by atoms with Crippen LogP contribution in [0.3, 0.4) is 0 Å². The molecule has 168 valence electrons. The molecule has 3 aromatic heterocycles. The number of ether oxygens (including phenoxy) is 2. The van der Waals surface area contributed by atoms with Crippen molar-refractivity contribution in [3.63, 3.8) is 0 Å². The van der Waals surface area contributed by atoms with Gasteiger partial charge >= 0.3 is 6.36 Å². The Hall–Kier alpha value is -4.08. The predicted molar refractivity (Wildman–Crippen MR) is 112 cm³/mol. The monoisotopic (exact) mass is 454 g/mol. The van der Waals surface area contributed by atoms with Crippen molar-refractivity contribution in [2.75, 3.05) is 6.61 Å². The van der Waals surface area contributed by atoms with E-state index in [1.807, 2.05) is 0 Å². The normalized spacial score (nSPS) is 17.8. The number of nitrogens with zero attached hydrogens (tertiary/aromatic N) is 2. The van der Waals surface area contributed by atoms with Crippen LogP contribution in [0, 0.1) is 0 Å². The number of rotatable bonds is 4. The Labute approximate surface area is 185 Å². The summed E-state index contributed by atoms with van der Waals surface area (Å²) in [5, 5.41) is 3.72. The Morgan fingerprint density at radius 3 is 2.64 bits per heavy atom. The zero-order valence-corrected chi connectivity index (χ0v) is 17.0. The number of fused-ring (bicyclic) bond motifs is 2. The molecule has 0 radical (unpaired) electrons. The van der Waals surface area contributed by atoms with E-state index < -0.39 is 11.9 Å². The fraction of sp³-hybridized carbons (Fsp3) is 0.174. The van der Waals surface area contributed by atoms with Crippen LogP contribution in [-0.2, 0) is 5.54 Å². The third-order valence-electron chi connectivity index (χ3n) is 5.51. The van der Waals surface area contributed by atoms with Gasteiger partial charge < -0.3 is 19.8 Å². The molecular weight excluding hydrogens is 437 g/mol. The molecule has 1 atom stereocenters. The van der Waals surface area contributed by atoms with Gasteiger partial charge in [0.25, 0.3) is 5.91 Å². The predicted octanol–water partition coefficient (Wildman–Crippen LogP) is 4.31. The number of aromatic amines is 1. The third-order valence-corrected chi connectivity index (χ3v) is 5.51. The molecule has 0 unspecified atom stereocenters. The van der Waals surface area contributed by atoms with Crippen molar-refractivity contribution in [2.45, 2.75) is 18.3 Å². The average molecular weight is 454 g/mol. The summed E-state index contributed by atoms with van der Waals surface area (Å²) in [6.07, 6.45) is 0.280. The number of hydrogen-bond acceptors (Lipinski definition) is 5. The highest BCUT2D eigenvalue weighted by Crippen LogP contribution is 2.41. The van der Waals surface area contributed by atoms with Crippen LogP contribution in [0.4, 0.5) is 13.2 Å². The number of hydrogen-bond donors (Lipinski definition) is 2. The number of carbonyl (C=O) groups excluding carboxylic acids is 1. The van der Waals surface area contributed by atoms with E-state index in [-0.39, 0.29) is 18.3 Å². The Kier molecular flexibility index (Phi) is 4.92. The van der Waals surface area contributed by atoms with Gasteiger partial charge in [-0.25, -0.2) is 4.98 Å². The van der Waals surface area contributed by atoms with Crippen LogP contribution in [0.2, 0.25) is 0 Å². The molecule has 2 N–H and O–H groups in total. The van der Waals surface area contributed by atoms with Gasteiger partial charge in [-0.05, 0) is 42.0 Å². The maximum absolute atomic E-state index is 13.4. The summed E-state index contributed by atoms with van der Waals surface area (Å²) in [5.41, 5.74) is 0.835. The number of amides is 1. The van der Waals surface area contributed by atoms with E-state index >= 15 is 0 Å². The minimum absolute atomic E-state index is 0.273. The lowest BCUT2D eigenvalue weighted by atomic mass is 9.81. The van der Waals surface area contributed by atoms with Gasteiger partial charge in [-0.1, -0.05) is 12.1 Å². The van der Waals surface area contributed by atoms with Crippen LogP contribution in [-0.4, -0.2) is 33.8 Å². The van der Waals surface area contributed by atoms with Gasteiger partial charge in [-0.3, -0.25) is 9.78 Å². The molecule has 10 heteroatoms. The molecule has 0 aliphatic carbocycles. The molecule has 4 aromatic rings. The number of H-pyrrole nitrogens is 1. The first-order valence-electron chi connectivity index (χ1n) is 10.0. The summed E-state index contributed by atoms with van der Waals surface area (Å²) >= 11 is 0. The summed E-state index contributed by atoms with van der Waals surface area (Å²) in [4.78, 5) is 25.1. The van der Waals surface area contributed by atoms with E-state index in [2.05, 4.69) is 25.0 Å². The Balaban J connectivity index is 1.58. The maximum atomic E-state index is 13.4. The summed E-state index contributed by atoms with van der Waals surface area (Å²) in [5.74, 6) is -0.257. The standard InChI is InChI=1S/C23H17F3N4O3/c24-23(25,26)33-15-7-5-14(6-8-15)22(9-12-32-18-4-2-10-27-19(18)22)30-21(31)17-13-29-20-16(17)3-1-11-28-20/h1-8,10-11,13H,9,12H2,(H,28,29)(H,30,31)/t22-/m0/s1. The molecule has 1 aliphatic heterocycles. The minimum atomic E-state index is -4.80. The quantitative estimate of drug-likeness (QED) is 0.480. The topological polar surface area (TPSA) is 89.1 Å². The highest BCUT2D eigenvalue weighted by molar-refractivity contribution is 6.06. The molecule has 5 rings (SSSR count). The van der Waals surface area contributed by atoms with E-state index in [1.54, 1.807) is 42.9 Å². The maximum Gasteiger partial charge on any atom is 0.573 e. The lowest BCUT2D eigenvalue weighted by molar-refractivity contribution is -0.274.